The monoisotopic (exact) mass is 212 g/mol. The van der Waals surface area contributed by atoms with Crippen LogP contribution >= 0.6 is 0 Å². The van der Waals surface area contributed by atoms with Crippen LogP contribution in [0, 0.1) is 5.92 Å². The summed E-state index contributed by atoms with van der Waals surface area (Å²) in [5.74, 6) is 0.954. The zero-order valence-electron chi connectivity index (χ0n) is 9.87. The van der Waals surface area contributed by atoms with Crippen molar-refractivity contribution in [2.24, 2.45) is 5.92 Å². The predicted octanol–water partition coefficient (Wildman–Crippen LogP) is 1.10. The number of nitrogens with zero attached hydrogens (tertiary/aromatic N) is 1. The van der Waals surface area contributed by atoms with Crippen molar-refractivity contribution in [1.82, 2.24) is 10.2 Å². The fourth-order valence-electron chi connectivity index (χ4n) is 2.58. The van der Waals surface area contributed by atoms with Crippen LogP contribution < -0.4 is 5.32 Å². The molecule has 2 rings (SSSR count). The molecule has 2 fully saturated rings. The largest absolute Gasteiger partial charge is 0.376 e. The number of ether oxygens (including phenoxy) is 1. The SMILES string of the molecule is CCC1CCN(CCC2CNCCO2)C1. The molecular weight excluding hydrogens is 188 g/mol. The van der Waals surface area contributed by atoms with E-state index in [0.29, 0.717) is 6.10 Å². The van der Waals surface area contributed by atoms with Crippen molar-refractivity contribution < 1.29 is 4.74 Å². The molecule has 15 heavy (non-hydrogen) atoms. The molecule has 2 atom stereocenters. The number of morpholine rings is 1. The number of nitrogens with one attached hydrogen (secondary N) is 1. The van der Waals surface area contributed by atoms with Crippen LogP contribution in [-0.4, -0.2) is 50.3 Å². The summed E-state index contributed by atoms with van der Waals surface area (Å²) in [5, 5.41) is 3.39. The lowest BCUT2D eigenvalue weighted by Gasteiger charge is -2.25. The summed E-state index contributed by atoms with van der Waals surface area (Å²) in [6.45, 7) is 9.12. The van der Waals surface area contributed by atoms with E-state index in [1.54, 1.807) is 0 Å². The van der Waals surface area contributed by atoms with Gasteiger partial charge in [-0.25, -0.2) is 0 Å². The van der Waals surface area contributed by atoms with Crippen molar-refractivity contribution in [3.63, 3.8) is 0 Å². The average molecular weight is 212 g/mol. The molecule has 0 spiro atoms. The first kappa shape index (κ1) is 11.4. The Labute approximate surface area is 93.2 Å². The van der Waals surface area contributed by atoms with Crippen LogP contribution in [0.1, 0.15) is 26.2 Å². The van der Waals surface area contributed by atoms with Gasteiger partial charge in [0.15, 0.2) is 0 Å². The van der Waals surface area contributed by atoms with Gasteiger partial charge in [0, 0.05) is 26.2 Å². The molecule has 0 aromatic carbocycles. The summed E-state index contributed by atoms with van der Waals surface area (Å²) in [6.07, 6.45) is 4.40. The maximum absolute atomic E-state index is 5.70. The van der Waals surface area contributed by atoms with Gasteiger partial charge in [-0.2, -0.15) is 0 Å². The normalized spacial score (nSPS) is 33.4. The molecule has 1 N–H and O–H groups in total. The molecule has 2 aliphatic heterocycles. The van der Waals surface area contributed by atoms with Gasteiger partial charge >= 0.3 is 0 Å². The molecule has 88 valence electrons. The summed E-state index contributed by atoms with van der Waals surface area (Å²) in [4.78, 5) is 2.60. The lowest BCUT2D eigenvalue weighted by atomic mass is 10.1. The number of rotatable bonds is 4. The van der Waals surface area contributed by atoms with E-state index < -0.39 is 0 Å². The lowest BCUT2D eigenvalue weighted by Crippen LogP contribution is -2.40. The van der Waals surface area contributed by atoms with Crippen LogP contribution in [0.5, 0.6) is 0 Å². The highest BCUT2D eigenvalue weighted by atomic mass is 16.5. The van der Waals surface area contributed by atoms with E-state index in [-0.39, 0.29) is 0 Å². The van der Waals surface area contributed by atoms with Crippen molar-refractivity contribution in [1.29, 1.82) is 0 Å². The second kappa shape index (κ2) is 5.83. The summed E-state index contributed by atoms with van der Waals surface area (Å²) >= 11 is 0. The number of likely N-dealkylation sites (tertiary alicyclic amines) is 1. The van der Waals surface area contributed by atoms with Crippen molar-refractivity contribution >= 4 is 0 Å². The van der Waals surface area contributed by atoms with E-state index in [9.17, 15) is 0 Å². The summed E-state index contributed by atoms with van der Waals surface area (Å²) in [6, 6.07) is 0. The fourth-order valence-corrected chi connectivity index (χ4v) is 2.58. The van der Waals surface area contributed by atoms with E-state index >= 15 is 0 Å². The van der Waals surface area contributed by atoms with Crippen LogP contribution in [0.2, 0.25) is 0 Å². The van der Waals surface area contributed by atoms with Gasteiger partial charge in [-0.05, 0) is 25.3 Å². The smallest absolute Gasteiger partial charge is 0.0712 e. The molecular formula is C12H24N2O. The predicted molar refractivity (Wildman–Crippen MR) is 62.1 cm³/mol. The summed E-state index contributed by atoms with van der Waals surface area (Å²) < 4.78 is 5.70. The molecule has 0 aromatic heterocycles. The molecule has 3 nitrogen and oxygen atoms in total. The molecule has 2 unspecified atom stereocenters. The Hall–Kier alpha value is -0.120. The third-order valence-electron chi connectivity index (χ3n) is 3.72. The van der Waals surface area contributed by atoms with Crippen LogP contribution in [0.25, 0.3) is 0 Å². The first-order chi connectivity index (χ1) is 7.38. The van der Waals surface area contributed by atoms with Crippen LogP contribution in [0.3, 0.4) is 0 Å². The highest BCUT2D eigenvalue weighted by Gasteiger charge is 2.22. The Morgan fingerprint density at radius 3 is 3.07 bits per heavy atom. The van der Waals surface area contributed by atoms with Crippen molar-refractivity contribution in [3.8, 4) is 0 Å². The summed E-state index contributed by atoms with van der Waals surface area (Å²) in [7, 11) is 0. The second-order valence-electron chi connectivity index (χ2n) is 4.85. The van der Waals surface area contributed by atoms with Crippen LogP contribution in [0.4, 0.5) is 0 Å². The Bertz CT molecular complexity index is 180. The Morgan fingerprint density at radius 1 is 1.47 bits per heavy atom. The van der Waals surface area contributed by atoms with Gasteiger partial charge in [-0.3, -0.25) is 0 Å². The minimum absolute atomic E-state index is 0.458. The van der Waals surface area contributed by atoms with Gasteiger partial charge in [-0.15, -0.1) is 0 Å². The van der Waals surface area contributed by atoms with Crippen molar-refractivity contribution in [2.45, 2.75) is 32.3 Å². The number of hydrogen-bond donors (Lipinski definition) is 1. The zero-order valence-corrected chi connectivity index (χ0v) is 9.87. The molecule has 0 amide bonds. The van der Waals surface area contributed by atoms with E-state index in [2.05, 4.69) is 17.1 Å². The average Bonchev–Trinajstić information content (AvgIpc) is 2.76. The van der Waals surface area contributed by atoms with Gasteiger partial charge in [0.25, 0.3) is 0 Å². The van der Waals surface area contributed by atoms with Gasteiger partial charge in [0.05, 0.1) is 12.7 Å². The van der Waals surface area contributed by atoms with E-state index in [0.717, 1.165) is 25.6 Å². The Balaban J connectivity index is 1.61. The van der Waals surface area contributed by atoms with Crippen molar-refractivity contribution in [2.75, 3.05) is 39.3 Å². The molecule has 2 saturated heterocycles. The van der Waals surface area contributed by atoms with Gasteiger partial charge in [0.1, 0.15) is 0 Å². The minimum Gasteiger partial charge on any atom is -0.376 e. The third-order valence-corrected chi connectivity index (χ3v) is 3.72. The first-order valence-electron chi connectivity index (χ1n) is 6.43. The topological polar surface area (TPSA) is 24.5 Å². The Kier molecular flexibility index (Phi) is 4.42. The Morgan fingerprint density at radius 2 is 2.40 bits per heavy atom. The van der Waals surface area contributed by atoms with Crippen LogP contribution in [0.15, 0.2) is 0 Å². The standard InChI is InChI=1S/C12H24N2O/c1-2-11-3-6-14(10-11)7-4-12-9-13-5-8-15-12/h11-13H,2-10H2,1H3. The van der Waals surface area contributed by atoms with Gasteiger partial charge in [-0.1, -0.05) is 13.3 Å². The second-order valence-corrected chi connectivity index (χ2v) is 4.85. The quantitative estimate of drug-likeness (QED) is 0.755. The molecule has 0 aliphatic carbocycles. The molecule has 0 radical (unpaired) electrons. The van der Waals surface area contributed by atoms with Gasteiger partial charge in [0.2, 0.25) is 0 Å². The molecule has 0 aromatic rings. The molecule has 2 aliphatic rings. The molecule has 0 bridgehead atoms. The number of hydrogen-bond acceptors (Lipinski definition) is 3. The first-order valence-corrected chi connectivity index (χ1v) is 6.43. The maximum Gasteiger partial charge on any atom is 0.0712 e. The minimum atomic E-state index is 0.458. The third kappa shape index (κ3) is 3.44. The van der Waals surface area contributed by atoms with Crippen molar-refractivity contribution in [3.05, 3.63) is 0 Å². The molecule has 3 heteroatoms. The lowest BCUT2D eigenvalue weighted by molar-refractivity contribution is 0.0184. The molecule has 2 heterocycles. The fraction of sp³-hybridized carbons (Fsp3) is 1.00. The van der Waals surface area contributed by atoms with E-state index in [1.165, 1.54) is 38.9 Å². The molecule has 0 saturated carbocycles. The van der Waals surface area contributed by atoms with E-state index in [1.807, 2.05) is 0 Å². The zero-order chi connectivity index (χ0) is 10.5. The highest BCUT2D eigenvalue weighted by Crippen LogP contribution is 2.19. The highest BCUT2D eigenvalue weighted by molar-refractivity contribution is 4.76. The van der Waals surface area contributed by atoms with E-state index in [4.69, 9.17) is 4.74 Å². The maximum atomic E-state index is 5.70. The van der Waals surface area contributed by atoms with Gasteiger partial charge < -0.3 is 15.0 Å². The van der Waals surface area contributed by atoms with Crippen LogP contribution in [-0.2, 0) is 4.74 Å². The summed E-state index contributed by atoms with van der Waals surface area (Å²) in [5.41, 5.74) is 0.